The highest BCUT2D eigenvalue weighted by Gasteiger charge is 2.21. The van der Waals surface area contributed by atoms with Crippen LogP contribution in [0.3, 0.4) is 0 Å². The first kappa shape index (κ1) is 14.7. The standard InChI is InChI=1S/C13H19NO3S/c1-5-6-7(2)11(15)14-12-10(13(16)17)8(3)9(4)18-12/h7H,5-6H2,1-4H3,(H,14,15)(H,16,17). The number of nitrogens with one attached hydrogen (secondary N) is 1. The van der Waals surface area contributed by atoms with Crippen LogP contribution in [0.15, 0.2) is 0 Å². The molecule has 1 rings (SSSR count). The average Bonchev–Trinajstić information content (AvgIpc) is 2.54. The van der Waals surface area contributed by atoms with Gasteiger partial charge in [-0.25, -0.2) is 4.79 Å². The number of hydrogen-bond donors (Lipinski definition) is 2. The van der Waals surface area contributed by atoms with E-state index in [1.807, 2.05) is 20.8 Å². The summed E-state index contributed by atoms with van der Waals surface area (Å²) in [5, 5.41) is 12.4. The summed E-state index contributed by atoms with van der Waals surface area (Å²) >= 11 is 1.32. The molecule has 0 aliphatic rings. The third kappa shape index (κ3) is 3.10. The van der Waals surface area contributed by atoms with Gasteiger partial charge in [-0.05, 0) is 25.8 Å². The Morgan fingerprint density at radius 2 is 2.00 bits per heavy atom. The number of amides is 1. The number of aromatic carboxylic acids is 1. The van der Waals surface area contributed by atoms with Gasteiger partial charge in [0.05, 0.1) is 5.56 Å². The van der Waals surface area contributed by atoms with Crippen molar-refractivity contribution < 1.29 is 14.7 Å². The van der Waals surface area contributed by atoms with Gasteiger partial charge in [-0.2, -0.15) is 0 Å². The zero-order valence-electron chi connectivity index (χ0n) is 11.2. The second kappa shape index (κ2) is 6.00. The van der Waals surface area contributed by atoms with Crippen LogP contribution in [-0.2, 0) is 4.79 Å². The Balaban J connectivity index is 2.94. The fraction of sp³-hybridized carbons (Fsp3) is 0.538. The molecule has 0 aliphatic heterocycles. The number of rotatable bonds is 5. The van der Waals surface area contributed by atoms with Crippen LogP contribution in [0.4, 0.5) is 5.00 Å². The Labute approximate surface area is 111 Å². The van der Waals surface area contributed by atoms with Crippen molar-refractivity contribution in [2.24, 2.45) is 5.92 Å². The maximum Gasteiger partial charge on any atom is 0.338 e. The molecule has 1 aromatic heterocycles. The van der Waals surface area contributed by atoms with Gasteiger partial charge in [0.15, 0.2) is 0 Å². The summed E-state index contributed by atoms with van der Waals surface area (Å²) in [5.74, 6) is -1.20. The number of carboxylic acids is 1. The van der Waals surface area contributed by atoms with Gasteiger partial charge in [0.25, 0.3) is 0 Å². The van der Waals surface area contributed by atoms with E-state index >= 15 is 0 Å². The number of anilines is 1. The lowest BCUT2D eigenvalue weighted by Gasteiger charge is -2.10. The van der Waals surface area contributed by atoms with Gasteiger partial charge < -0.3 is 10.4 Å². The Kier molecular flexibility index (Phi) is 4.90. The topological polar surface area (TPSA) is 66.4 Å². The third-order valence-electron chi connectivity index (χ3n) is 3.01. The molecule has 0 aromatic carbocycles. The Hall–Kier alpha value is -1.36. The summed E-state index contributed by atoms with van der Waals surface area (Å²) in [7, 11) is 0. The van der Waals surface area contributed by atoms with Crippen LogP contribution in [0.5, 0.6) is 0 Å². The summed E-state index contributed by atoms with van der Waals surface area (Å²) in [6.45, 7) is 7.50. The summed E-state index contributed by atoms with van der Waals surface area (Å²) in [6, 6.07) is 0. The van der Waals surface area contributed by atoms with Gasteiger partial charge in [0.1, 0.15) is 5.00 Å². The van der Waals surface area contributed by atoms with Gasteiger partial charge in [0.2, 0.25) is 5.91 Å². The van der Waals surface area contributed by atoms with Crippen molar-refractivity contribution in [1.82, 2.24) is 0 Å². The molecule has 1 amide bonds. The van der Waals surface area contributed by atoms with Gasteiger partial charge >= 0.3 is 5.97 Å². The van der Waals surface area contributed by atoms with E-state index in [2.05, 4.69) is 5.32 Å². The predicted molar refractivity (Wildman–Crippen MR) is 73.5 cm³/mol. The summed E-state index contributed by atoms with van der Waals surface area (Å²) in [5.41, 5.74) is 0.945. The number of thiophene rings is 1. The molecule has 0 saturated carbocycles. The van der Waals surface area contributed by atoms with Crippen molar-refractivity contribution >= 4 is 28.2 Å². The highest BCUT2D eigenvalue weighted by atomic mass is 32.1. The Morgan fingerprint density at radius 3 is 2.50 bits per heavy atom. The molecule has 0 bridgehead atoms. The van der Waals surface area contributed by atoms with E-state index in [0.717, 1.165) is 23.3 Å². The molecule has 2 N–H and O–H groups in total. The van der Waals surface area contributed by atoms with E-state index < -0.39 is 5.97 Å². The molecule has 18 heavy (non-hydrogen) atoms. The molecular formula is C13H19NO3S. The van der Waals surface area contributed by atoms with Crippen molar-refractivity contribution in [3.8, 4) is 0 Å². The minimum absolute atomic E-state index is 0.0978. The van der Waals surface area contributed by atoms with Crippen molar-refractivity contribution in [1.29, 1.82) is 0 Å². The second-order valence-corrected chi connectivity index (χ2v) is 5.70. The van der Waals surface area contributed by atoms with E-state index in [0.29, 0.717) is 5.00 Å². The Bertz CT molecular complexity index is 465. The molecule has 1 heterocycles. The molecule has 0 radical (unpaired) electrons. The van der Waals surface area contributed by atoms with Gasteiger partial charge in [-0.15, -0.1) is 11.3 Å². The lowest BCUT2D eigenvalue weighted by Crippen LogP contribution is -2.20. The molecule has 0 fully saturated rings. The van der Waals surface area contributed by atoms with Crippen molar-refractivity contribution in [3.05, 3.63) is 16.0 Å². The van der Waals surface area contributed by atoms with E-state index in [1.165, 1.54) is 11.3 Å². The fourth-order valence-electron chi connectivity index (χ4n) is 1.77. The lowest BCUT2D eigenvalue weighted by molar-refractivity contribution is -0.119. The summed E-state index contributed by atoms with van der Waals surface area (Å²) in [6.07, 6.45) is 1.74. The first-order chi connectivity index (χ1) is 8.38. The fourth-order valence-corrected chi connectivity index (χ4v) is 2.83. The molecule has 0 spiro atoms. The summed E-state index contributed by atoms with van der Waals surface area (Å²) < 4.78 is 0. The summed E-state index contributed by atoms with van der Waals surface area (Å²) in [4.78, 5) is 24.0. The first-order valence-corrected chi connectivity index (χ1v) is 6.84. The van der Waals surface area contributed by atoms with Crippen LogP contribution in [-0.4, -0.2) is 17.0 Å². The number of carbonyl (C=O) groups is 2. The minimum Gasteiger partial charge on any atom is -0.478 e. The molecule has 0 aliphatic carbocycles. The van der Waals surface area contributed by atoms with Crippen LogP contribution in [0.2, 0.25) is 0 Å². The highest BCUT2D eigenvalue weighted by molar-refractivity contribution is 7.16. The van der Waals surface area contributed by atoms with Crippen LogP contribution < -0.4 is 5.32 Å². The number of aryl methyl sites for hydroxylation is 1. The predicted octanol–water partition coefficient (Wildman–Crippen LogP) is 3.44. The van der Waals surface area contributed by atoms with Crippen LogP contribution in [0, 0.1) is 19.8 Å². The third-order valence-corrected chi connectivity index (χ3v) is 4.13. The minimum atomic E-state index is -0.990. The smallest absolute Gasteiger partial charge is 0.338 e. The zero-order chi connectivity index (χ0) is 13.9. The maximum absolute atomic E-state index is 11.9. The van der Waals surface area contributed by atoms with E-state index in [-0.39, 0.29) is 17.4 Å². The highest BCUT2D eigenvalue weighted by Crippen LogP contribution is 2.32. The van der Waals surface area contributed by atoms with Crippen LogP contribution in [0.25, 0.3) is 0 Å². The molecule has 5 heteroatoms. The number of carboxylic acid groups (broad SMARTS) is 1. The molecule has 0 saturated heterocycles. The maximum atomic E-state index is 11.9. The normalized spacial score (nSPS) is 12.2. The largest absolute Gasteiger partial charge is 0.478 e. The van der Waals surface area contributed by atoms with Gasteiger partial charge in [-0.1, -0.05) is 20.3 Å². The molecule has 100 valence electrons. The van der Waals surface area contributed by atoms with E-state index in [1.54, 1.807) is 6.92 Å². The van der Waals surface area contributed by atoms with Crippen molar-refractivity contribution in [3.63, 3.8) is 0 Å². The first-order valence-electron chi connectivity index (χ1n) is 6.02. The number of hydrogen-bond acceptors (Lipinski definition) is 3. The Morgan fingerprint density at radius 1 is 1.39 bits per heavy atom. The monoisotopic (exact) mass is 269 g/mol. The molecular weight excluding hydrogens is 250 g/mol. The molecule has 1 atom stereocenters. The second-order valence-electron chi connectivity index (χ2n) is 4.47. The van der Waals surface area contributed by atoms with Crippen LogP contribution >= 0.6 is 11.3 Å². The van der Waals surface area contributed by atoms with Gasteiger partial charge in [0, 0.05) is 10.8 Å². The number of carbonyl (C=O) groups excluding carboxylic acids is 1. The van der Waals surface area contributed by atoms with Crippen molar-refractivity contribution in [2.45, 2.75) is 40.5 Å². The van der Waals surface area contributed by atoms with E-state index in [9.17, 15) is 14.7 Å². The quantitative estimate of drug-likeness (QED) is 0.860. The lowest BCUT2D eigenvalue weighted by atomic mass is 10.1. The van der Waals surface area contributed by atoms with Crippen LogP contribution in [0.1, 0.15) is 47.5 Å². The average molecular weight is 269 g/mol. The molecule has 1 unspecified atom stereocenters. The molecule has 1 aromatic rings. The molecule has 4 nitrogen and oxygen atoms in total. The van der Waals surface area contributed by atoms with Gasteiger partial charge in [-0.3, -0.25) is 4.79 Å². The van der Waals surface area contributed by atoms with E-state index in [4.69, 9.17) is 0 Å². The zero-order valence-corrected chi connectivity index (χ0v) is 12.0. The van der Waals surface area contributed by atoms with Crippen molar-refractivity contribution in [2.75, 3.05) is 5.32 Å². The SMILES string of the molecule is CCCC(C)C(=O)Nc1sc(C)c(C)c1C(=O)O.